The van der Waals surface area contributed by atoms with E-state index in [0.717, 1.165) is 30.6 Å². The fourth-order valence-corrected chi connectivity index (χ4v) is 2.32. The van der Waals surface area contributed by atoms with E-state index in [0.29, 0.717) is 6.61 Å². The first-order valence-electron chi connectivity index (χ1n) is 7.68. The van der Waals surface area contributed by atoms with Gasteiger partial charge in [0.15, 0.2) is 0 Å². The van der Waals surface area contributed by atoms with Gasteiger partial charge in [0.25, 0.3) is 0 Å². The molecule has 0 bridgehead atoms. The predicted molar refractivity (Wildman–Crippen MR) is 87.4 cm³/mol. The number of carbonyl (C=O) groups is 1. The molecule has 0 saturated heterocycles. The van der Waals surface area contributed by atoms with E-state index in [9.17, 15) is 4.79 Å². The van der Waals surface area contributed by atoms with E-state index in [4.69, 9.17) is 4.74 Å². The Morgan fingerprint density at radius 2 is 2.05 bits per heavy atom. The van der Waals surface area contributed by atoms with Gasteiger partial charge in [0.2, 0.25) is 0 Å². The van der Waals surface area contributed by atoms with E-state index in [1.807, 2.05) is 29.1 Å². The molecule has 2 rings (SSSR count). The van der Waals surface area contributed by atoms with Crippen LogP contribution < -0.4 is 0 Å². The zero-order valence-electron chi connectivity index (χ0n) is 13.2. The average Bonchev–Trinajstić information content (AvgIpc) is 2.89. The van der Waals surface area contributed by atoms with Gasteiger partial charge in [0, 0.05) is 17.3 Å². The zero-order chi connectivity index (χ0) is 15.8. The summed E-state index contributed by atoms with van der Waals surface area (Å²) in [6.45, 7) is 5.06. The van der Waals surface area contributed by atoms with Crippen LogP contribution in [0.2, 0.25) is 0 Å². The molecular formula is C18H22N2O2. The van der Waals surface area contributed by atoms with Crippen LogP contribution in [0.15, 0.2) is 42.6 Å². The molecule has 116 valence electrons. The van der Waals surface area contributed by atoms with Crippen LogP contribution in [0.3, 0.4) is 0 Å². The molecule has 4 nitrogen and oxygen atoms in total. The minimum Gasteiger partial charge on any atom is -0.463 e. The van der Waals surface area contributed by atoms with Gasteiger partial charge in [-0.1, -0.05) is 43.7 Å². The van der Waals surface area contributed by atoms with E-state index in [2.05, 4.69) is 24.2 Å². The summed E-state index contributed by atoms with van der Waals surface area (Å²) in [6.07, 6.45) is 7.02. The van der Waals surface area contributed by atoms with Crippen molar-refractivity contribution in [2.24, 2.45) is 0 Å². The van der Waals surface area contributed by atoms with Crippen molar-refractivity contribution in [1.29, 1.82) is 0 Å². The third kappa shape index (κ3) is 4.32. The van der Waals surface area contributed by atoms with E-state index < -0.39 is 0 Å². The number of rotatable bonds is 7. The highest BCUT2D eigenvalue weighted by atomic mass is 16.5. The molecular weight excluding hydrogens is 276 g/mol. The normalized spacial score (nSPS) is 11.0. The summed E-state index contributed by atoms with van der Waals surface area (Å²) in [5.74, 6) is -0.319. The molecule has 0 amide bonds. The molecule has 2 aromatic rings. The highest BCUT2D eigenvalue weighted by Gasteiger charge is 2.09. The molecule has 0 saturated carbocycles. The summed E-state index contributed by atoms with van der Waals surface area (Å²) < 4.78 is 6.92. The molecule has 1 heterocycles. The van der Waals surface area contributed by atoms with Crippen LogP contribution in [0, 0.1) is 0 Å². The second-order valence-electron chi connectivity index (χ2n) is 5.03. The number of nitrogens with zero attached hydrogens (tertiary/aromatic N) is 2. The predicted octanol–water partition coefficient (Wildman–Crippen LogP) is 3.46. The van der Waals surface area contributed by atoms with Crippen molar-refractivity contribution in [2.75, 3.05) is 6.61 Å². The molecule has 0 radical (unpaired) electrons. The third-order valence-corrected chi connectivity index (χ3v) is 3.33. The van der Waals surface area contributed by atoms with Crippen molar-refractivity contribution < 1.29 is 9.53 Å². The molecule has 0 unspecified atom stereocenters. The minimum absolute atomic E-state index is 0.319. The van der Waals surface area contributed by atoms with Crippen LogP contribution >= 0.6 is 0 Å². The fourth-order valence-electron chi connectivity index (χ4n) is 2.32. The maximum atomic E-state index is 11.4. The summed E-state index contributed by atoms with van der Waals surface area (Å²) >= 11 is 0. The van der Waals surface area contributed by atoms with Crippen molar-refractivity contribution in [2.45, 2.75) is 33.2 Å². The van der Waals surface area contributed by atoms with Gasteiger partial charge in [-0.05, 0) is 25.0 Å². The summed E-state index contributed by atoms with van der Waals surface area (Å²) in [7, 11) is 0. The van der Waals surface area contributed by atoms with E-state index in [1.165, 1.54) is 11.6 Å². The zero-order valence-corrected chi connectivity index (χ0v) is 13.2. The molecule has 22 heavy (non-hydrogen) atoms. The minimum atomic E-state index is -0.319. The number of ether oxygens (including phenoxy) is 1. The SMILES string of the molecule is CCCc1c(C=CC(=O)OCC)cnn1Cc1ccccc1. The molecule has 4 heteroatoms. The Labute approximate surface area is 131 Å². The molecule has 0 aliphatic carbocycles. The smallest absolute Gasteiger partial charge is 0.330 e. The van der Waals surface area contributed by atoms with Gasteiger partial charge in [-0.25, -0.2) is 4.79 Å². The molecule has 0 aliphatic heterocycles. The lowest BCUT2D eigenvalue weighted by Gasteiger charge is -2.08. The van der Waals surface area contributed by atoms with E-state index in [-0.39, 0.29) is 5.97 Å². The first kappa shape index (κ1) is 16.0. The van der Waals surface area contributed by atoms with Gasteiger partial charge in [-0.15, -0.1) is 0 Å². The molecule has 1 aromatic heterocycles. The number of aromatic nitrogens is 2. The number of carbonyl (C=O) groups excluding carboxylic acids is 1. The molecule has 0 spiro atoms. The monoisotopic (exact) mass is 298 g/mol. The Balaban J connectivity index is 2.19. The summed E-state index contributed by atoms with van der Waals surface area (Å²) in [5.41, 5.74) is 3.33. The van der Waals surface area contributed by atoms with Crippen LogP contribution in [-0.2, 0) is 22.5 Å². The second kappa shape index (κ2) is 8.17. The highest BCUT2D eigenvalue weighted by Crippen LogP contribution is 2.15. The molecule has 0 aliphatic rings. The van der Waals surface area contributed by atoms with Crippen molar-refractivity contribution >= 4 is 12.0 Å². The Morgan fingerprint density at radius 3 is 2.73 bits per heavy atom. The first-order valence-corrected chi connectivity index (χ1v) is 7.68. The standard InChI is InChI=1S/C18H22N2O2/c1-3-8-17-16(11-12-18(21)22-4-2)13-19-20(17)14-15-9-6-5-7-10-15/h5-7,9-13H,3-4,8,14H2,1-2H3. The van der Waals surface area contributed by atoms with Crippen LogP contribution in [0.1, 0.15) is 37.1 Å². The Hall–Kier alpha value is -2.36. The summed E-state index contributed by atoms with van der Waals surface area (Å²) in [6, 6.07) is 10.2. The van der Waals surface area contributed by atoms with Crippen LogP contribution in [0.5, 0.6) is 0 Å². The van der Waals surface area contributed by atoms with Gasteiger partial charge >= 0.3 is 5.97 Å². The maximum Gasteiger partial charge on any atom is 0.330 e. The van der Waals surface area contributed by atoms with Crippen molar-refractivity contribution in [3.05, 3.63) is 59.4 Å². The van der Waals surface area contributed by atoms with E-state index in [1.54, 1.807) is 13.0 Å². The second-order valence-corrected chi connectivity index (χ2v) is 5.03. The molecule has 0 fully saturated rings. The number of benzene rings is 1. The Kier molecular flexibility index (Phi) is 5.95. The Morgan fingerprint density at radius 1 is 1.27 bits per heavy atom. The lowest BCUT2D eigenvalue weighted by Crippen LogP contribution is -2.07. The Bertz CT molecular complexity index is 630. The molecule has 1 aromatic carbocycles. The highest BCUT2D eigenvalue weighted by molar-refractivity contribution is 5.87. The van der Waals surface area contributed by atoms with E-state index >= 15 is 0 Å². The van der Waals surface area contributed by atoms with Crippen LogP contribution in [0.4, 0.5) is 0 Å². The van der Waals surface area contributed by atoms with Crippen molar-refractivity contribution in [3.8, 4) is 0 Å². The molecule has 0 atom stereocenters. The van der Waals surface area contributed by atoms with Crippen molar-refractivity contribution in [3.63, 3.8) is 0 Å². The van der Waals surface area contributed by atoms with Gasteiger partial charge in [-0.3, -0.25) is 4.68 Å². The first-order chi connectivity index (χ1) is 10.7. The molecule has 0 N–H and O–H groups in total. The van der Waals surface area contributed by atoms with Crippen LogP contribution in [-0.4, -0.2) is 22.4 Å². The van der Waals surface area contributed by atoms with Gasteiger partial charge in [-0.2, -0.15) is 5.10 Å². The van der Waals surface area contributed by atoms with Crippen molar-refractivity contribution in [1.82, 2.24) is 9.78 Å². The maximum absolute atomic E-state index is 11.4. The van der Waals surface area contributed by atoms with Gasteiger partial charge < -0.3 is 4.74 Å². The quantitative estimate of drug-likeness (QED) is 0.581. The van der Waals surface area contributed by atoms with Gasteiger partial charge in [0.05, 0.1) is 19.3 Å². The topological polar surface area (TPSA) is 44.1 Å². The third-order valence-electron chi connectivity index (χ3n) is 3.33. The number of esters is 1. The number of hydrogen-bond donors (Lipinski definition) is 0. The lowest BCUT2D eigenvalue weighted by atomic mass is 10.1. The number of hydrogen-bond acceptors (Lipinski definition) is 3. The van der Waals surface area contributed by atoms with Gasteiger partial charge in [0.1, 0.15) is 0 Å². The lowest BCUT2D eigenvalue weighted by molar-refractivity contribution is -0.137. The summed E-state index contributed by atoms with van der Waals surface area (Å²) in [5, 5.41) is 4.47. The summed E-state index contributed by atoms with van der Waals surface area (Å²) in [4.78, 5) is 11.4. The fraction of sp³-hybridized carbons (Fsp3) is 0.333. The largest absolute Gasteiger partial charge is 0.463 e. The van der Waals surface area contributed by atoms with Crippen LogP contribution in [0.25, 0.3) is 6.08 Å². The average molecular weight is 298 g/mol.